The SMILES string of the molecule is CCC[C@H](C)NC(=O)COC(=O)CN1C(=O)N[C@](C)(c2ccc(C)cc2)C1=O. The third kappa shape index (κ3) is 4.88. The van der Waals surface area contributed by atoms with Gasteiger partial charge in [0.05, 0.1) is 0 Å². The van der Waals surface area contributed by atoms with Crippen molar-refractivity contribution in [2.45, 2.75) is 52.1 Å². The van der Waals surface area contributed by atoms with E-state index in [9.17, 15) is 19.2 Å². The molecule has 2 atom stereocenters. The van der Waals surface area contributed by atoms with E-state index in [4.69, 9.17) is 4.74 Å². The van der Waals surface area contributed by atoms with Crippen LogP contribution in [-0.4, -0.2) is 47.9 Å². The second kappa shape index (κ2) is 8.86. The van der Waals surface area contributed by atoms with E-state index in [0.29, 0.717) is 5.56 Å². The number of urea groups is 1. The Bertz CT molecular complexity index is 762. The van der Waals surface area contributed by atoms with Crippen LogP contribution in [0.25, 0.3) is 0 Å². The van der Waals surface area contributed by atoms with Crippen molar-refractivity contribution in [3.63, 3.8) is 0 Å². The molecule has 0 radical (unpaired) electrons. The lowest BCUT2D eigenvalue weighted by Crippen LogP contribution is -2.42. The van der Waals surface area contributed by atoms with Crippen LogP contribution in [0.15, 0.2) is 24.3 Å². The first-order valence-corrected chi connectivity index (χ1v) is 9.33. The first-order valence-electron chi connectivity index (χ1n) is 9.33. The van der Waals surface area contributed by atoms with Crippen LogP contribution in [0, 0.1) is 6.92 Å². The van der Waals surface area contributed by atoms with Gasteiger partial charge in [0, 0.05) is 6.04 Å². The standard InChI is InChI=1S/C20H27N3O5/c1-5-6-14(3)21-16(24)12-28-17(25)11-23-18(26)20(4,22-19(23)27)15-9-7-13(2)8-10-15/h7-10,14H,5-6,11-12H2,1-4H3,(H,21,24)(H,22,27)/t14-,20+/m0/s1. The molecule has 0 aromatic heterocycles. The number of carbonyl (C=O) groups is 4. The Kier molecular flexibility index (Phi) is 6.77. The predicted molar refractivity (Wildman–Crippen MR) is 102 cm³/mol. The van der Waals surface area contributed by atoms with Gasteiger partial charge in [-0.2, -0.15) is 0 Å². The van der Waals surface area contributed by atoms with Gasteiger partial charge in [-0.3, -0.25) is 19.3 Å². The highest BCUT2D eigenvalue weighted by Crippen LogP contribution is 2.28. The molecule has 1 aromatic rings. The van der Waals surface area contributed by atoms with Crippen molar-refractivity contribution in [3.8, 4) is 0 Å². The number of hydrogen-bond acceptors (Lipinski definition) is 5. The van der Waals surface area contributed by atoms with Gasteiger partial charge >= 0.3 is 12.0 Å². The Balaban J connectivity index is 1.94. The molecule has 1 aliphatic heterocycles. The molecule has 0 aliphatic carbocycles. The molecule has 2 N–H and O–H groups in total. The normalized spacial score (nSPS) is 19.9. The largest absolute Gasteiger partial charge is 0.454 e. The average Bonchev–Trinajstić information content (AvgIpc) is 2.84. The van der Waals surface area contributed by atoms with E-state index in [0.717, 1.165) is 23.3 Å². The van der Waals surface area contributed by atoms with E-state index in [-0.39, 0.29) is 6.04 Å². The molecule has 4 amide bonds. The van der Waals surface area contributed by atoms with Gasteiger partial charge in [-0.15, -0.1) is 0 Å². The van der Waals surface area contributed by atoms with Crippen molar-refractivity contribution in [3.05, 3.63) is 35.4 Å². The van der Waals surface area contributed by atoms with Crippen molar-refractivity contribution in [2.75, 3.05) is 13.2 Å². The third-order valence-corrected chi connectivity index (χ3v) is 4.68. The van der Waals surface area contributed by atoms with Crippen molar-refractivity contribution >= 4 is 23.8 Å². The van der Waals surface area contributed by atoms with Crippen LogP contribution in [0.4, 0.5) is 4.79 Å². The molecule has 2 rings (SSSR count). The number of hydrogen-bond donors (Lipinski definition) is 2. The fourth-order valence-corrected chi connectivity index (χ4v) is 3.07. The zero-order chi connectivity index (χ0) is 20.9. The summed E-state index contributed by atoms with van der Waals surface area (Å²) in [5.74, 6) is -1.79. The predicted octanol–water partition coefficient (Wildman–Crippen LogP) is 1.61. The van der Waals surface area contributed by atoms with Crippen LogP contribution >= 0.6 is 0 Å². The van der Waals surface area contributed by atoms with Crippen molar-refractivity contribution in [1.29, 1.82) is 0 Å². The summed E-state index contributed by atoms with van der Waals surface area (Å²) in [7, 11) is 0. The maximum absolute atomic E-state index is 12.8. The number of imide groups is 1. The Labute approximate surface area is 164 Å². The maximum atomic E-state index is 12.8. The van der Waals surface area contributed by atoms with E-state index in [1.807, 2.05) is 32.9 Å². The van der Waals surface area contributed by atoms with Crippen LogP contribution in [0.2, 0.25) is 0 Å². The summed E-state index contributed by atoms with van der Waals surface area (Å²) in [4.78, 5) is 49.6. The lowest BCUT2D eigenvalue weighted by Gasteiger charge is -2.22. The number of rotatable bonds is 8. The zero-order valence-corrected chi connectivity index (χ0v) is 16.7. The number of nitrogens with zero attached hydrogens (tertiary/aromatic N) is 1. The number of ether oxygens (including phenoxy) is 1. The Morgan fingerprint density at radius 1 is 1.25 bits per heavy atom. The maximum Gasteiger partial charge on any atom is 0.326 e. The molecule has 28 heavy (non-hydrogen) atoms. The summed E-state index contributed by atoms with van der Waals surface area (Å²) in [6.45, 7) is 6.37. The van der Waals surface area contributed by atoms with Crippen LogP contribution in [0.3, 0.4) is 0 Å². The highest BCUT2D eigenvalue weighted by Gasteiger charge is 2.49. The molecule has 0 spiro atoms. The average molecular weight is 389 g/mol. The van der Waals surface area contributed by atoms with Crippen molar-refractivity contribution in [1.82, 2.24) is 15.5 Å². The van der Waals surface area contributed by atoms with Gasteiger partial charge in [-0.25, -0.2) is 4.79 Å². The van der Waals surface area contributed by atoms with Gasteiger partial charge in [0.1, 0.15) is 12.1 Å². The smallest absolute Gasteiger partial charge is 0.326 e. The minimum Gasteiger partial charge on any atom is -0.454 e. The molecule has 8 nitrogen and oxygen atoms in total. The minimum atomic E-state index is -1.25. The summed E-state index contributed by atoms with van der Waals surface area (Å²) in [5.41, 5.74) is 0.394. The molecule has 0 saturated carbocycles. The van der Waals surface area contributed by atoms with Gasteiger partial charge in [0.15, 0.2) is 6.61 Å². The van der Waals surface area contributed by atoms with Crippen LogP contribution in [0.1, 0.15) is 44.7 Å². The molecule has 1 aliphatic rings. The van der Waals surface area contributed by atoms with Gasteiger partial charge < -0.3 is 15.4 Å². The van der Waals surface area contributed by atoms with Crippen molar-refractivity contribution < 1.29 is 23.9 Å². The summed E-state index contributed by atoms with van der Waals surface area (Å²) in [5, 5.41) is 5.34. The summed E-state index contributed by atoms with van der Waals surface area (Å²) >= 11 is 0. The topological polar surface area (TPSA) is 105 Å². The molecule has 1 fully saturated rings. The number of esters is 1. The molecule has 1 aromatic carbocycles. The summed E-state index contributed by atoms with van der Waals surface area (Å²) in [6.07, 6.45) is 1.74. The zero-order valence-electron chi connectivity index (χ0n) is 16.7. The molecule has 1 heterocycles. The Hall–Kier alpha value is -2.90. The van der Waals surface area contributed by atoms with Crippen LogP contribution in [0.5, 0.6) is 0 Å². The summed E-state index contributed by atoms with van der Waals surface area (Å²) < 4.78 is 4.91. The molecular weight excluding hydrogens is 362 g/mol. The van der Waals surface area contributed by atoms with E-state index < -0.39 is 42.5 Å². The highest BCUT2D eigenvalue weighted by molar-refractivity contribution is 6.08. The molecule has 1 saturated heterocycles. The van der Waals surface area contributed by atoms with E-state index in [1.54, 1.807) is 19.1 Å². The van der Waals surface area contributed by atoms with Crippen LogP contribution in [-0.2, 0) is 24.7 Å². The first kappa shape index (κ1) is 21.4. The minimum absolute atomic E-state index is 0.0163. The molecular formula is C20H27N3O5. The second-order valence-corrected chi connectivity index (χ2v) is 7.23. The van der Waals surface area contributed by atoms with E-state index >= 15 is 0 Å². The Morgan fingerprint density at radius 2 is 1.89 bits per heavy atom. The summed E-state index contributed by atoms with van der Waals surface area (Å²) in [6, 6.07) is 6.52. The number of nitrogens with one attached hydrogen (secondary N) is 2. The Morgan fingerprint density at radius 3 is 2.50 bits per heavy atom. The van der Waals surface area contributed by atoms with E-state index in [1.165, 1.54) is 0 Å². The van der Waals surface area contributed by atoms with Crippen LogP contribution < -0.4 is 10.6 Å². The lowest BCUT2D eigenvalue weighted by atomic mass is 9.91. The van der Waals surface area contributed by atoms with Gasteiger partial charge in [-0.05, 0) is 32.8 Å². The van der Waals surface area contributed by atoms with Crippen molar-refractivity contribution in [2.24, 2.45) is 0 Å². The van der Waals surface area contributed by atoms with Gasteiger partial charge in [0.2, 0.25) is 0 Å². The number of aryl methyl sites for hydroxylation is 1. The third-order valence-electron chi connectivity index (χ3n) is 4.68. The molecule has 8 heteroatoms. The number of carbonyl (C=O) groups excluding carboxylic acids is 4. The number of benzene rings is 1. The second-order valence-electron chi connectivity index (χ2n) is 7.23. The fraction of sp³-hybridized carbons (Fsp3) is 0.500. The lowest BCUT2D eigenvalue weighted by molar-refractivity contribution is -0.151. The monoisotopic (exact) mass is 389 g/mol. The highest BCUT2D eigenvalue weighted by atomic mass is 16.5. The van der Waals surface area contributed by atoms with E-state index in [2.05, 4.69) is 10.6 Å². The number of amides is 4. The van der Waals surface area contributed by atoms with Gasteiger partial charge in [0.25, 0.3) is 11.8 Å². The fourth-order valence-electron chi connectivity index (χ4n) is 3.07. The quantitative estimate of drug-likeness (QED) is 0.519. The van der Waals surface area contributed by atoms with Gasteiger partial charge in [-0.1, -0.05) is 43.2 Å². The molecule has 0 unspecified atom stereocenters. The molecule has 0 bridgehead atoms. The molecule has 152 valence electrons. The first-order chi connectivity index (χ1) is 13.2.